The second kappa shape index (κ2) is 10.5. The highest BCUT2D eigenvalue weighted by Crippen LogP contribution is 2.27. The summed E-state index contributed by atoms with van der Waals surface area (Å²) in [5, 5.41) is 1.87. The summed E-state index contributed by atoms with van der Waals surface area (Å²) in [6.45, 7) is 4.05. The largest absolute Gasteiger partial charge is 0.366 e. The molecule has 5 rings (SSSR count). The van der Waals surface area contributed by atoms with E-state index in [0.717, 1.165) is 0 Å². The molecule has 3 aromatic heterocycles. The number of hydrogen-bond donors (Lipinski definition) is 2. The van der Waals surface area contributed by atoms with E-state index in [2.05, 4.69) is 25.3 Å². The van der Waals surface area contributed by atoms with E-state index in [1.807, 2.05) is 11.8 Å². The number of aromatic amines is 1. The van der Waals surface area contributed by atoms with Crippen molar-refractivity contribution < 1.29 is 18.0 Å². The summed E-state index contributed by atoms with van der Waals surface area (Å²) in [5.41, 5.74) is 3.84. The third-order valence-electron chi connectivity index (χ3n) is 6.94. The maximum absolute atomic E-state index is 15.1. The summed E-state index contributed by atoms with van der Waals surface area (Å²) in [4.78, 5) is 39.8. The fraction of sp³-hybridized carbons (Fsp3) is 0.440. The van der Waals surface area contributed by atoms with Gasteiger partial charge in [-0.15, -0.1) is 0 Å². The Labute approximate surface area is 221 Å². The third kappa shape index (κ3) is 5.47. The molecular weight excluding hydrogens is 523 g/mol. The van der Waals surface area contributed by atoms with E-state index in [-0.39, 0.29) is 47.1 Å². The van der Waals surface area contributed by atoms with Crippen molar-refractivity contribution in [1.29, 1.82) is 0 Å². The number of alkyl halides is 2. The molecular formula is C25H27ClF3N7O2. The predicted octanol–water partition coefficient (Wildman–Crippen LogP) is 2.98. The summed E-state index contributed by atoms with van der Waals surface area (Å²) < 4.78 is 41.9. The van der Waals surface area contributed by atoms with Crippen molar-refractivity contribution in [3.8, 4) is 0 Å². The van der Waals surface area contributed by atoms with Crippen molar-refractivity contribution in [3.63, 3.8) is 0 Å². The van der Waals surface area contributed by atoms with Crippen molar-refractivity contribution >= 4 is 34.1 Å². The highest BCUT2D eigenvalue weighted by atomic mass is 35.5. The lowest BCUT2D eigenvalue weighted by atomic mass is 10.1. The number of anilines is 1. The van der Waals surface area contributed by atoms with Crippen LogP contribution in [-0.4, -0.2) is 76.0 Å². The standard InChI is InChI=1S/C25H27ClF3N7O2/c1-2-15-11-16-12-30-18(20(27)21(16)32-23(15)37)13-34-7-9-35(10-8-34)19-4-3-17(31-22(19)26)24(38)33-36-6-5-25(28,29)14-36/h3-4,11-12H,2,5-10,13-14H2,1H3,(H,32,37)(H,33,38). The maximum Gasteiger partial charge on any atom is 0.284 e. The molecule has 0 bridgehead atoms. The van der Waals surface area contributed by atoms with Gasteiger partial charge in [0.15, 0.2) is 11.0 Å². The minimum absolute atomic E-state index is 0.0366. The second-order valence-corrected chi connectivity index (χ2v) is 9.92. The number of H-pyrrole nitrogens is 1. The Bertz CT molecular complexity index is 1430. The van der Waals surface area contributed by atoms with Crippen molar-refractivity contribution in [2.24, 2.45) is 0 Å². The van der Waals surface area contributed by atoms with Crippen LogP contribution < -0.4 is 15.9 Å². The molecule has 9 nitrogen and oxygen atoms in total. The monoisotopic (exact) mass is 549 g/mol. The topological polar surface area (TPSA) is 97.5 Å². The predicted molar refractivity (Wildman–Crippen MR) is 137 cm³/mol. The quantitative estimate of drug-likeness (QED) is 0.456. The Balaban J connectivity index is 1.20. The first-order valence-electron chi connectivity index (χ1n) is 12.4. The molecule has 2 N–H and O–H groups in total. The van der Waals surface area contributed by atoms with Crippen LogP contribution in [0.5, 0.6) is 0 Å². The molecule has 0 radical (unpaired) electrons. The zero-order valence-corrected chi connectivity index (χ0v) is 21.5. The summed E-state index contributed by atoms with van der Waals surface area (Å²) in [5.74, 6) is -3.94. The number of amides is 1. The van der Waals surface area contributed by atoms with E-state index in [9.17, 15) is 18.4 Å². The highest BCUT2D eigenvalue weighted by molar-refractivity contribution is 6.32. The Hall–Kier alpha value is -3.22. The molecule has 0 aliphatic carbocycles. The summed E-state index contributed by atoms with van der Waals surface area (Å²) in [7, 11) is 0. The van der Waals surface area contributed by atoms with Crippen LogP contribution in [0.2, 0.25) is 5.15 Å². The molecule has 3 aromatic rings. The van der Waals surface area contributed by atoms with E-state index in [1.165, 1.54) is 11.1 Å². The van der Waals surface area contributed by atoms with Crippen molar-refractivity contribution in [1.82, 2.24) is 30.3 Å². The molecule has 2 aliphatic heterocycles. The molecule has 0 atom stereocenters. The Morgan fingerprint density at radius 1 is 1.21 bits per heavy atom. The first kappa shape index (κ1) is 26.4. The van der Waals surface area contributed by atoms with Gasteiger partial charge in [-0.3, -0.25) is 24.9 Å². The fourth-order valence-corrected chi connectivity index (χ4v) is 5.05. The van der Waals surface area contributed by atoms with Gasteiger partial charge in [0.05, 0.1) is 23.4 Å². The molecule has 0 saturated carbocycles. The Morgan fingerprint density at radius 3 is 2.63 bits per heavy atom. The zero-order chi connectivity index (χ0) is 27.0. The van der Waals surface area contributed by atoms with E-state index in [1.54, 1.807) is 18.3 Å². The smallest absolute Gasteiger partial charge is 0.284 e. The fourth-order valence-electron chi connectivity index (χ4n) is 4.78. The van der Waals surface area contributed by atoms with Gasteiger partial charge < -0.3 is 9.88 Å². The van der Waals surface area contributed by atoms with Gasteiger partial charge in [0.2, 0.25) is 0 Å². The molecule has 2 aliphatic rings. The number of hydrazine groups is 1. The van der Waals surface area contributed by atoms with Crippen molar-refractivity contribution in [2.45, 2.75) is 32.2 Å². The average molecular weight is 550 g/mol. The van der Waals surface area contributed by atoms with Gasteiger partial charge in [0, 0.05) is 62.8 Å². The van der Waals surface area contributed by atoms with Crippen LogP contribution in [0.1, 0.15) is 35.1 Å². The molecule has 0 unspecified atom stereocenters. The van der Waals surface area contributed by atoms with Gasteiger partial charge in [0.25, 0.3) is 17.4 Å². The number of halogens is 4. The number of aryl methyl sites for hydroxylation is 1. The van der Waals surface area contributed by atoms with Crippen LogP contribution in [0, 0.1) is 5.82 Å². The van der Waals surface area contributed by atoms with Crippen LogP contribution in [0.15, 0.2) is 29.2 Å². The Morgan fingerprint density at radius 2 is 1.97 bits per heavy atom. The number of nitrogens with one attached hydrogen (secondary N) is 2. The van der Waals surface area contributed by atoms with E-state index >= 15 is 4.39 Å². The van der Waals surface area contributed by atoms with Crippen LogP contribution in [0.3, 0.4) is 0 Å². The number of piperazine rings is 1. The number of aromatic nitrogens is 3. The second-order valence-electron chi connectivity index (χ2n) is 9.56. The lowest BCUT2D eigenvalue weighted by Gasteiger charge is -2.36. The summed E-state index contributed by atoms with van der Waals surface area (Å²) >= 11 is 6.38. The number of carbonyl (C=O) groups is 1. The Kier molecular flexibility index (Phi) is 7.30. The number of rotatable bonds is 6. The van der Waals surface area contributed by atoms with Gasteiger partial charge in [-0.2, -0.15) is 0 Å². The molecule has 2 fully saturated rings. The highest BCUT2D eigenvalue weighted by Gasteiger charge is 2.39. The lowest BCUT2D eigenvalue weighted by Crippen LogP contribution is -2.46. The molecule has 13 heteroatoms. The van der Waals surface area contributed by atoms with Crippen LogP contribution in [0.25, 0.3) is 10.9 Å². The van der Waals surface area contributed by atoms with Crippen molar-refractivity contribution in [2.75, 3.05) is 44.2 Å². The normalized spacial score (nSPS) is 18.3. The first-order chi connectivity index (χ1) is 18.1. The van der Waals surface area contributed by atoms with Gasteiger partial charge in [-0.25, -0.2) is 23.2 Å². The van der Waals surface area contributed by atoms with E-state index in [4.69, 9.17) is 11.6 Å². The van der Waals surface area contributed by atoms with Crippen LogP contribution >= 0.6 is 11.6 Å². The molecule has 0 spiro atoms. The first-order valence-corrected chi connectivity index (χ1v) is 12.8. The minimum atomic E-state index is -2.82. The van der Waals surface area contributed by atoms with Crippen LogP contribution in [0.4, 0.5) is 18.9 Å². The maximum atomic E-state index is 15.1. The molecule has 5 heterocycles. The number of fused-ring (bicyclic) bond motifs is 1. The third-order valence-corrected chi connectivity index (χ3v) is 7.22. The number of pyridine rings is 3. The van der Waals surface area contributed by atoms with Gasteiger partial charge in [0.1, 0.15) is 5.69 Å². The lowest BCUT2D eigenvalue weighted by molar-refractivity contribution is 0.00699. The number of nitrogens with zero attached hydrogens (tertiary/aromatic N) is 5. The van der Waals surface area contributed by atoms with Crippen molar-refractivity contribution in [3.05, 3.63) is 62.7 Å². The van der Waals surface area contributed by atoms with E-state index < -0.39 is 24.2 Å². The zero-order valence-electron chi connectivity index (χ0n) is 20.7. The SMILES string of the molecule is CCc1cc2cnc(CN3CCN(c4ccc(C(=O)NN5CCC(F)(F)C5)nc4Cl)CC3)c(F)c2[nH]c1=O. The molecule has 2 saturated heterocycles. The van der Waals surface area contributed by atoms with Gasteiger partial charge in [-0.05, 0) is 24.6 Å². The molecule has 0 aromatic carbocycles. The molecule has 38 heavy (non-hydrogen) atoms. The average Bonchev–Trinajstić information content (AvgIpc) is 3.24. The van der Waals surface area contributed by atoms with Gasteiger partial charge >= 0.3 is 0 Å². The van der Waals surface area contributed by atoms with Crippen LogP contribution in [-0.2, 0) is 13.0 Å². The van der Waals surface area contributed by atoms with Gasteiger partial charge in [-0.1, -0.05) is 18.5 Å². The summed E-state index contributed by atoms with van der Waals surface area (Å²) in [6.07, 6.45) is 1.82. The molecule has 202 valence electrons. The minimum Gasteiger partial charge on any atom is -0.366 e. The van der Waals surface area contributed by atoms with E-state index in [0.29, 0.717) is 49.2 Å². The number of carbonyl (C=O) groups excluding carboxylic acids is 1. The number of hydrogen-bond acceptors (Lipinski definition) is 7. The molecule has 1 amide bonds. The summed E-state index contributed by atoms with van der Waals surface area (Å²) in [6, 6.07) is 4.87.